The van der Waals surface area contributed by atoms with Crippen molar-refractivity contribution in [2.45, 2.75) is 44.9 Å². The van der Waals surface area contributed by atoms with Gasteiger partial charge in [0.25, 0.3) is 0 Å². The maximum atomic E-state index is 13.2. The predicted molar refractivity (Wildman–Crippen MR) is 97.5 cm³/mol. The van der Waals surface area contributed by atoms with Crippen LogP contribution in [0.4, 0.5) is 13.2 Å². The lowest BCUT2D eigenvalue weighted by Gasteiger charge is -2.14. The first-order chi connectivity index (χ1) is 12.9. The summed E-state index contributed by atoms with van der Waals surface area (Å²) < 4.78 is 42.1. The first kappa shape index (κ1) is 18.0. The fourth-order valence-electron chi connectivity index (χ4n) is 3.61. The van der Waals surface area contributed by atoms with Crippen LogP contribution in [0.15, 0.2) is 29.6 Å². The lowest BCUT2D eigenvalue weighted by Crippen LogP contribution is -2.28. The molecule has 27 heavy (non-hydrogen) atoms. The standard InChI is InChI=1S/C19H18F3N3OS/c20-19(21,22)18-14-6-1-2-7-15(14)25(24-18)11-16(26)23-10-13-5-3-4-12-8-9-27-17(12)13/h3-5,8-9H,1-2,6-7,10-11H2,(H,23,26). The van der Waals surface area contributed by atoms with Crippen LogP contribution in [-0.4, -0.2) is 15.7 Å². The normalized spacial score (nSPS) is 14.3. The van der Waals surface area contributed by atoms with Crippen molar-refractivity contribution >= 4 is 27.3 Å². The van der Waals surface area contributed by atoms with Crippen molar-refractivity contribution in [3.8, 4) is 0 Å². The summed E-state index contributed by atoms with van der Waals surface area (Å²) in [6.45, 7) is 0.144. The molecule has 0 radical (unpaired) electrons. The smallest absolute Gasteiger partial charge is 0.350 e. The molecule has 2 aromatic heterocycles. The highest BCUT2D eigenvalue weighted by molar-refractivity contribution is 7.17. The average molecular weight is 393 g/mol. The Labute approximate surface area is 158 Å². The number of amides is 1. The number of hydrogen-bond donors (Lipinski definition) is 1. The number of fused-ring (bicyclic) bond motifs is 2. The largest absolute Gasteiger partial charge is 0.435 e. The van der Waals surface area contributed by atoms with E-state index in [-0.39, 0.29) is 18.0 Å². The highest BCUT2D eigenvalue weighted by Crippen LogP contribution is 2.35. The van der Waals surface area contributed by atoms with Gasteiger partial charge in [0.2, 0.25) is 5.91 Å². The molecule has 0 saturated carbocycles. The molecule has 1 aliphatic rings. The Hall–Kier alpha value is -2.35. The molecule has 0 unspecified atom stereocenters. The highest BCUT2D eigenvalue weighted by Gasteiger charge is 2.39. The van der Waals surface area contributed by atoms with E-state index in [0.29, 0.717) is 25.1 Å². The summed E-state index contributed by atoms with van der Waals surface area (Å²) >= 11 is 1.60. The molecule has 0 fully saturated rings. The van der Waals surface area contributed by atoms with Gasteiger partial charge in [0.05, 0.1) is 0 Å². The first-order valence-electron chi connectivity index (χ1n) is 8.81. The van der Waals surface area contributed by atoms with Crippen molar-refractivity contribution in [2.75, 3.05) is 0 Å². The second-order valence-electron chi connectivity index (χ2n) is 6.67. The van der Waals surface area contributed by atoms with Crippen molar-refractivity contribution in [3.05, 3.63) is 52.2 Å². The van der Waals surface area contributed by atoms with E-state index in [1.54, 1.807) is 11.3 Å². The zero-order valence-electron chi connectivity index (χ0n) is 14.5. The molecule has 0 atom stereocenters. The maximum absolute atomic E-state index is 13.2. The summed E-state index contributed by atoms with van der Waals surface area (Å²) in [7, 11) is 0. The molecule has 8 heteroatoms. The van der Waals surface area contributed by atoms with E-state index in [0.717, 1.165) is 28.5 Å². The van der Waals surface area contributed by atoms with Crippen molar-refractivity contribution in [1.82, 2.24) is 15.1 Å². The van der Waals surface area contributed by atoms with E-state index < -0.39 is 11.9 Å². The summed E-state index contributed by atoms with van der Waals surface area (Å²) in [4.78, 5) is 12.4. The summed E-state index contributed by atoms with van der Waals surface area (Å²) in [6.07, 6.45) is -2.05. The van der Waals surface area contributed by atoms with Gasteiger partial charge in [-0.2, -0.15) is 18.3 Å². The third-order valence-electron chi connectivity index (χ3n) is 4.86. The molecule has 0 aliphatic heterocycles. The van der Waals surface area contributed by atoms with Crippen molar-refractivity contribution in [1.29, 1.82) is 0 Å². The van der Waals surface area contributed by atoms with E-state index in [2.05, 4.69) is 10.4 Å². The van der Waals surface area contributed by atoms with Gasteiger partial charge < -0.3 is 5.32 Å². The Kier molecular flexibility index (Phi) is 4.67. The van der Waals surface area contributed by atoms with Crippen molar-refractivity contribution < 1.29 is 18.0 Å². The van der Waals surface area contributed by atoms with E-state index in [1.807, 2.05) is 29.6 Å². The second kappa shape index (κ2) is 6.99. The van der Waals surface area contributed by atoms with Gasteiger partial charge in [-0.25, -0.2) is 0 Å². The van der Waals surface area contributed by atoms with Gasteiger partial charge in [-0.05, 0) is 48.1 Å². The number of halogens is 3. The van der Waals surface area contributed by atoms with E-state index in [4.69, 9.17) is 0 Å². The van der Waals surface area contributed by atoms with E-state index in [1.165, 1.54) is 4.68 Å². The number of hydrogen-bond acceptors (Lipinski definition) is 3. The Balaban J connectivity index is 1.50. The van der Waals surface area contributed by atoms with Crippen LogP contribution in [0.3, 0.4) is 0 Å². The molecule has 2 heterocycles. The van der Waals surface area contributed by atoms with Gasteiger partial charge in [0.1, 0.15) is 6.54 Å². The van der Waals surface area contributed by atoms with Gasteiger partial charge >= 0.3 is 6.18 Å². The van der Waals surface area contributed by atoms with Crippen molar-refractivity contribution in [2.24, 2.45) is 0 Å². The third kappa shape index (κ3) is 3.58. The number of thiophene rings is 1. The van der Waals surface area contributed by atoms with Crippen LogP contribution in [-0.2, 0) is 36.9 Å². The molecule has 4 nitrogen and oxygen atoms in total. The van der Waals surface area contributed by atoms with Crippen LogP contribution in [0.1, 0.15) is 35.4 Å². The van der Waals surface area contributed by atoms with Gasteiger partial charge in [-0.1, -0.05) is 18.2 Å². The molecule has 0 saturated heterocycles. The van der Waals surface area contributed by atoms with Gasteiger partial charge in [-0.3, -0.25) is 9.48 Å². The fraction of sp³-hybridized carbons (Fsp3) is 0.368. The molecule has 3 aromatic rings. The number of alkyl halides is 3. The maximum Gasteiger partial charge on any atom is 0.435 e. The summed E-state index contributed by atoms with van der Waals surface area (Å²) in [5, 5.41) is 9.65. The number of aromatic nitrogens is 2. The number of carbonyl (C=O) groups excluding carboxylic acids is 1. The second-order valence-corrected chi connectivity index (χ2v) is 7.59. The van der Waals surface area contributed by atoms with Gasteiger partial charge in [-0.15, -0.1) is 11.3 Å². The molecule has 0 spiro atoms. The van der Waals surface area contributed by atoms with Crippen LogP contribution < -0.4 is 5.32 Å². The fourth-order valence-corrected chi connectivity index (χ4v) is 4.52. The van der Waals surface area contributed by atoms with Crippen LogP contribution in [0.5, 0.6) is 0 Å². The first-order valence-corrected chi connectivity index (χ1v) is 9.69. The number of carbonyl (C=O) groups is 1. The molecule has 1 amide bonds. The minimum Gasteiger partial charge on any atom is -0.350 e. The monoisotopic (exact) mass is 393 g/mol. The minimum atomic E-state index is -4.49. The quantitative estimate of drug-likeness (QED) is 0.718. The number of rotatable bonds is 4. The molecule has 0 bridgehead atoms. The summed E-state index contributed by atoms with van der Waals surface area (Å²) in [5.74, 6) is -0.340. The summed E-state index contributed by atoms with van der Waals surface area (Å²) in [6, 6.07) is 7.89. The van der Waals surface area contributed by atoms with E-state index in [9.17, 15) is 18.0 Å². The zero-order valence-corrected chi connectivity index (χ0v) is 15.3. The Morgan fingerprint density at radius 3 is 2.85 bits per heavy atom. The summed E-state index contributed by atoms with van der Waals surface area (Å²) in [5.41, 5.74) is 0.955. The Morgan fingerprint density at radius 2 is 2.04 bits per heavy atom. The van der Waals surface area contributed by atoms with Crippen LogP contribution in [0.25, 0.3) is 10.1 Å². The predicted octanol–water partition coefficient (Wildman–Crippen LogP) is 4.31. The minimum absolute atomic E-state index is 0.196. The Bertz CT molecular complexity index is 990. The lowest BCUT2D eigenvalue weighted by atomic mass is 9.95. The molecular formula is C19H18F3N3OS. The van der Waals surface area contributed by atoms with Crippen LogP contribution >= 0.6 is 11.3 Å². The molecule has 4 rings (SSSR count). The molecular weight excluding hydrogens is 375 g/mol. The number of nitrogens with one attached hydrogen (secondary N) is 1. The average Bonchev–Trinajstić information content (AvgIpc) is 3.25. The third-order valence-corrected chi connectivity index (χ3v) is 5.86. The Morgan fingerprint density at radius 1 is 1.22 bits per heavy atom. The SMILES string of the molecule is O=C(Cn1nc(C(F)(F)F)c2c1CCCC2)NCc1cccc2ccsc12. The highest BCUT2D eigenvalue weighted by atomic mass is 32.1. The molecule has 142 valence electrons. The topological polar surface area (TPSA) is 46.9 Å². The number of nitrogens with zero attached hydrogens (tertiary/aromatic N) is 2. The molecule has 1 N–H and O–H groups in total. The van der Waals surface area contributed by atoms with Crippen molar-refractivity contribution in [3.63, 3.8) is 0 Å². The molecule has 1 aliphatic carbocycles. The van der Waals surface area contributed by atoms with Gasteiger partial charge in [0.15, 0.2) is 5.69 Å². The number of benzene rings is 1. The zero-order chi connectivity index (χ0) is 19.0. The van der Waals surface area contributed by atoms with Crippen LogP contribution in [0.2, 0.25) is 0 Å². The molecule has 1 aromatic carbocycles. The lowest BCUT2D eigenvalue weighted by molar-refractivity contribution is -0.142. The van der Waals surface area contributed by atoms with E-state index >= 15 is 0 Å². The van der Waals surface area contributed by atoms with Crippen LogP contribution in [0, 0.1) is 0 Å². The van der Waals surface area contributed by atoms with Gasteiger partial charge in [0, 0.05) is 22.5 Å².